The maximum atomic E-state index is 10.9. The molecular formula is C10H11N5O2. The molecule has 2 N–H and O–H groups in total. The molecule has 0 radical (unpaired) electrons. The van der Waals surface area contributed by atoms with E-state index in [4.69, 9.17) is 0 Å². The van der Waals surface area contributed by atoms with Crippen LogP contribution in [0.2, 0.25) is 0 Å². The van der Waals surface area contributed by atoms with Crippen molar-refractivity contribution >= 4 is 22.8 Å². The number of pyridine rings is 1. The second-order valence-corrected chi connectivity index (χ2v) is 3.28. The van der Waals surface area contributed by atoms with Crippen LogP contribution in [0, 0.1) is 6.92 Å². The van der Waals surface area contributed by atoms with Crippen LogP contribution in [0.4, 0.5) is 10.6 Å². The van der Waals surface area contributed by atoms with E-state index in [1.54, 1.807) is 12.3 Å². The van der Waals surface area contributed by atoms with Crippen molar-refractivity contribution in [1.82, 2.24) is 20.6 Å². The van der Waals surface area contributed by atoms with Crippen LogP contribution >= 0.6 is 0 Å². The number of methoxy groups -OCH3 is 1. The van der Waals surface area contributed by atoms with Gasteiger partial charge in [-0.05, 0) is 19.1 Å². The summed E-state index contributed by atoms with van der Waals surface area (Å²) in [5.74, 6) is 0.420. The zero-order chi connectivity index (χ0) is 12.3. The molecule has 88 valence electrons. The molecule has 0 fully saturated rings. The number of nitrogens with zero attached hydrogens (tertiary/aromatic N) is 3. The Balaban J connectivity index is 2.35. The molecule has 2 aromatic heterocycles. The Morgan fingerprint density at radius 3 is 3.00 bits per heavy atom. The fourth-order valence-corrected chi connectivity index (χ4v) is 1.36. The number of rotatable bonds is 2. The van der Waals surface area contributed by atoms with Gasteiger partial charge in [-0.15, -0.1) is 5.10 Å². The SMILES string of the molecule is COC(=O)NNc1nnc(C)c2ncccc12. The molecule has 0 aliphatic rings. The minimum absolute atomic E-state index is 0.420. The van der Waals surface area contributed by atoms with E-state index < -0.39 is 6.09 Å². The van der Waals surface area contributed by atoms with E-state index in [2.05, 4.69) is 30.8 Å². The number of ether oxygens (including phenoxy) is 1. The Labute approximate surface area is 97.2 Å². The van der Waals surface area contributed by atoms with Crippen LogP contribution in [0.15, 0.2) is 18.3 Å². The summed E-state index contributed by atoms with van der Waals surface area (Å²) in [5.41, 5.74) is 6.41. The molecule has 17 heavy (non-hydrogen) atoms. The maximum Gasteiger partial charge on any atom is 0.425 e. The topological polar surface area (TPSA) is 89.0 Å². The quantitative estimate of drug-likeness (QED) is 0.753. The van der Waals surface area contributed by atoms with Crippen molar-refractivity contribution in [2.75, 3.05) is 12.5 Å². The molecule has 0 aliphatic heterocycles. The van der Waals surface area contributed by atoms with Gasteiger partial charge in [0.05, 0.1) is 18.3 Å². The van der Waals surface area contributed by atoms with Gasteiger partial charge in [0.15, 0.2) is 5.82 Å². The Bertz CT molecular complexity index is 557. The molecule has 0 unspecified atom stereocenters. The Morgan fingerprint density at radius 2 is 2.24 bits per heavy atom. The van der Waals surface area contributed by atoms with Crippen molar-refractivity contribution in [1.29, 1.82) is 0 Å². The molecule has 7 heteroatoms. The predicted octanol–water partition coefficient (Wildman–Crippen LogP) is 1.02. The molecule has 2 rings (SSSR count). The van der Waals surface area contributed by atoms with E-state index in [1.165, 1.54) is 7.11 Å². The van der Waals surface area contributed by atoms with Crippen molar-refractivity contribution in [2.24, 2.45) is 0 Å². The fourth-order valence-electron chi connectivity index (χ4n) is 1.36. The fraction of sp³-hybridized carbons (Fsp3) is 0.200. The van der Waals surface area contributed by atoms with Crippen molar-refractivity contribution in [3.8, 4) is 0 Å². The zero-order valence-electron chi connectivity index (χ0n) is 9.39. The molecule has 2 heterocycles. The van der Waals surface area contributed by atoms with Gasteiger partial charge in [0.1, 0.15) is 0 Å². The van der Waals surface area contributed by atoms with Crippen molar-refractivity contribution < 1.29 is 9.53 Å². The highest BCUT2D eigenvalue weighted by Gasteiger charge is 2.07. The molecule has 0 aromatic carbocycles. The molecule has 0 saturated carbocycles. The summed E-state index contributed by atoms with van der Waals surface area (Å²) >= 11 is 0. The summed E-state index contributed by atoms with van der Waals surface area (Å²) in [6.45, 7) is 1.82. The number of carbonyl (C=O) groups excluding carboxylic acids is 1. The van der Waals surface area contributed by atoms with Crippen molar-refractivity contribution in [3.63, 3.8) is 0 Å². The first kappa shape index (κ1) is 11.1. The monoisotopic (exact) mass is 233 g/mol. The minimum atomic E-state index is -0.607. The molecule has 7 nitrogen and oxygen atoms in total. The third-order valence-electron chi connectivity index (χ3n) is 2.17. The summed E-state index contributed by atoms with van der Waals surface area (Å²) in [7, 11) is 1.28. The molecule has 0 atom stereocenters. The Hall–Kier alpha value is -2.44. The molecule has 1 amide bonds. The number of aryl methyl sites for hydroxylation is 1. The summed E-state index contributed by atoms with van der Waals surface area (Å²) in [5, 5.41) is 8.66. The van der Waals surface area contributed by atoms with E-state index in [0.29, 0.717) is 5.82 Å². The van der Waals surface area contributed by atoms with Crippen LogP contribution in [0.1, 0.15) is 5.69 Å². The normalized spacial score (nSPS) is 10.0. The summed E-state index contributed by atoms with van der Waals surface area (Å²) in [4.78, 5) is 15.1. The van der Waals surface area contributed by atoms with Crippen LogP contribution in [0.5, 0.6) is 0 Å². The standard InChI is InChI=1S/C10H11N5O2/c1-6-8-7(4-3-5-11-8)9(13-12-6)14-15-10(16)17-2/h3-5H,1-2H3,(H,13,14)(H,15,16). The summed E-state index contributed by atoms with van der Waals surface area (Å²) in [6.07, 6.45) is 1.07. The zero-order valence-corrected chi connectivity index (χ0v) is 9.39. The minimum Gasteiger partial charge on any atom is -0.452 e. The van der Waals surface area contributed by atoms with E-state index >= 15 is 0 Å². The largest absolute Gasteiger partial charge is 0.452 e. The van der Waals surface area contributed by atoms with Gasteiger partial charge >= 0.3 is 6.09 Å². The number of hydrazine groups is 1. The van der Waals surface area contributed by atoms with Gasteiger partial charge in [-0.3, -0.25) is 10.4 Å². The van der Waals surface area contributed by atoms with Crippen LogP contribution in [0.25, 0.3) is 10.9 Å². The van der Waals surface area contributed by atoms with Crippen LogP contribution in [-0.4, -0.2) is 28.4 Å². The highest BCUT2D eigenvalue weighted by molar-refractivity contribution is 5.90. The van der Waals surface area contributed by atoms with Gasteiger partial charge in [0.25, 0.3) is 0 Å². The van der Waals surface area contributed by atoms with Crippen molar-refractivity contribution in [3.05, 3.63) is 24.0 Å². The highest BCUT2D eigenvalue weighted by atomic mass is 16.5. The van der Waals surface area contributed by atoms with Gasteiger partial charge in [-0.1, -0.05) is 0 Å². The number of carbonyl (C=O) groups is 1. The third kappa shape index (κ3) is 2.22. The maximum absolute atomic E-state index is 10.9. The molecule has 0 aliphatic carbocycles. The molecule has 0 saturated heterocycles. The predicted molar refractivity (Wildman–Crippen MR) is 61.2 cm³/mol. The van der Waals surface area contributed by atoms with Gasteiger partial charge in [0, 0.05) is 11.6 Å². The highest BCUT2D eigenvalue weighted by Crippen LogP contribution is 2.19. The molecule has 0 spiro atoms. The van der Waals surface area contributed by atoms with E-state index in [-0.39, 0.29) is 0 Å². The van der Waals surface area contributed by atoms with Gasteiger partial charge < -0.3 is 4.74 Å². The number of hydrogen-bond donors (Lipinski definition) is 2. The van der Waals surface area contributed by atoms with Crippen LogP contribution in [0.3, 0.4) is 0 Å². The number of nitrogens with one attached hydrogen (secondary N) is 2. The molecule has 0 bridgehead atoms. The average molecular weight is 233 g/mol. The van der Waals surface area contributed by atoms with E-state index in [0.717, 1.165) is 16.6 Å². The first-order valence-corrected chi connectivity index (χ1v) is 4.90. The smallest absolute Gasteiger partial charge is 0.425 e. The van der Waals surface area contributed by atoms with E-state index in [1.807, 2.05) is 13.0 Å². The summed E-state index contributed by atoms with van der Waals surface area (Å²) in [6, 6.07) is 3.62. The van der Waals surface area contributed by atoms with Crippen molar-refractivity contribution in [2.45, 2.75) is 6.92 Å². The van der Waals surface area contributed by atoms with Crippen LogP contribution < -0.4 is 10.9 Å². The Morgan fingerprint density at radius 1 is 1.41 bits per heavy atom. The lowest BCUT2D eigenvalue weighted by molar-refractivity contribution is 0.173. The number of amides is 1. The number of fused-ring (bicyclic) bond motifs is 1. The summed E-state index contributed by atoms with van der Waals surface area (Å²) < 4.78 is 4.43. The third-order valence-corrected chi connectivity index (χ3v) is 2.17. The van der Waals surface area contributed by atoms with Gasteiger partial charge in [0.2, 0.25) is 0 Å². The lowest BCUT2D eigenvalue weighted by Crippen LogP contribution is -2.29. The lowest BCUT2D eigenvalue weighted by Gasteiger charge is -2.08. The van der Waals surface area contributed by atoms with Gasteiger partial charge in [-0.25, -0.2) is 10.2 Å². The molecular weight excluding hydrogens is 222 g/mol. The second kappa shape index (κ2) is 4.60. The number of anilines is 1. The van der Waals surface area contributed by atoms with E-state index in [9.17, 15) is 4.79 Å². The Kier molecular flexibility index (Phi) is 2.99. The molecule has 2 aromatic rings. The number of hydrogen-bond acceptors (Lipinski definition) is 6. The first-order valence-electron chi connectivity index (χ1n) is 4.90. The average Bonchev–Trinajstić information content (AvgIpc) is 2.38. The van der Waals surface area contributed by atoms with Crippen LogP contribution in [-0.2, 0) is 4.74 Å². The first-order chi connectivity index (χ1) is 8.22. The second-order valence-electron chi connectivity index (χ2n) is 3.28. The van der Waals surface area contributed by atoms with Gasteiger partial charge in [-0.2, -0.15) is 5.10 Å². The number of aromatic nitrogens is 3. The lowest BCUT2D eigenvalue weighted by atomic mass is 10.2.